The monoisotopic (exact) mass is 365 g/mol. The summed E-state index contributed by atoms with van der Waals surface area (Å²) in [6, 6.07) is 6.09. The average molecular weight is 366 g/mol. The fourth-order valence-electron chi connectivity index (χ4n) is 2.61. The molecule has 1 fully saturated rings. The van der Waals surface area contributed by atoms with Crippen molar-refractivity contribution in [2.45, 2.75) is 31.6 Å². The molecule has 0 radical (unpaired) electrons. The van der Waals surface area contributed by atoms with Crippen molar-refractivity contribution in [1.29, 1.82) is 0 Å². The molecule has 2 rings (SSSR count). The Bertz CT molecular complexity index is 436. The maximum Gasteiger partial charge on any atom is 0.232 e. The van der Waals surface area contributed by atoms with Crippen LogP contribution >= 0.6 is 36.6 Å². The third-order valence-electron chi connectivity index (χ3n) is 3.77. The van der Waals surface area contributed by atoms with Gasteiger partial charge in [-0.3, -0.25) is 9.78 Å². The third-order valence-corrected chi connectivity index (χ3v) is 4.72. The Hall–Kier alpha value is -0.490. The van der Waals surface area contributed by atoms with Gasteiger partial charge in [0.25, 0.3) is 0 Å². The minimum absolute atomic E-state index is 0. The molecule has 0 spiro atoms. The van der Waals surface area contributed by atoms with Crippen molar-refractivity contribution in [2.24, 2.45) is 11.7 Å². The van der Waals surface area contributed by atoms with Gasteiger partial charge in [0.05, 0.1) is 11.4 Å². The summed E-state index contributed by atoms with van der Waals surface area (Å²) in [7, 11) is 0. The number of rotatable bonds is 5. The largest absolute Gasteiger partial charge is 0.338 e. The molecule has 2 atom stereocenters. The van der Waals surface area contributed by atoms with Crippen LogP contribution in [0.5, 0.6) is 0 Å². The maximum atomic E-state index is 12.3. The number of hydrogen-bond donors (Lipinski definition) is 1. The number of likely N-dealkylation sites (tertiary alicyclic amines) is 1. The number of pyridine rings is 1. The summed E-state index contributed by atoms with van der Waals surface area (Å²) in [5.74, 6) is 2.19. The van der Waals surface area contributed by atoms with Gasteiger partial charge in [-0.15, -0.1) is 36.6 Å². The lowest BCUT2D eigenvalue weighted by molar-refractivity contribution is -0.132. The fraction of sp³-hybridized carbons (Fsp3) is 0.600. The lowest BCUT2D eigenvalue weighted by Gasteiger charge is -2.38. The van der Waals surface area contributed by atoms with E-state index in [1.165, 1.54) is 0 Å². The van der Waals surface area contributed by atoms with E-state index in [2.05, 4.69) is 11.9 Å². The molecule has 2 heterocycles. The van der Waals surface area contributed by atoms with E-state index in [4.69, 9.17) is 5.73 Å². The molecule has 126 valence electrons. The predicted octanol–water partition coefficient (Wildman–Crippen LogP) is 2.74. The Morgan fingerprint density at radius 2 is 2.23 bits per heavy atom. The van der Waals surface area contributed by atoms with Gasteiger partial charge in [-0.25, -0.2) is 0 Å². The Labute approximate surface area is 149 Å². The predicted molar refractivity (Wildman–Crippen MR) is 97.8 cm³/mol. The third kappa shape index (κ3) is 6.32. The van der Waals surface area contributed by atoms with E-state index < -0.39 is 0 Å². The molecule has 22 heavy (non-hydrogen) atoms. The zero-order chi connectivity index (χ0) is 14.4. The zero-order valence-electron chi connectivity index (χ0n) is 12.8. The smallest absolute Gasteiger partial charge is 0.232 e. The van der Waals surface area contributed by atoms with Crippen LogP contribution in [0.1, 0.15) is 25.5 Å². The normalized spacial score (nSPS) is 20.7. The molecule has 1 aliphatic heterocycles. The molecule has 0 saturated carbocycles. The molecule has 2 unspecified atom stereocenters. The summed E-state index contributed by atoms with van der Waals surface area (Å²) in [6.45, 7) is 3.66. The molecule has 0 bridgehead atoms. The van der Waals surface area contributed by atoms with Gasteiger partial charge in [0.1, 0.15) is 0 Å². The molecule has 1 aromatic rings. The van der Waals surface area contributed by atoms with Gasteiger partial charge < -0.3 is 10.6 Å². The molecule has 1 aliphatic rings. The summed E-state index contributed by atoms with van der Waals surface area (Å²) in [5, 5.41) is 0. The van der Waals surface area contributed by atoms with E-state index >= 15 is 0 Å². The van der Waals surface area contributed by atoms with Gasteiger partial charge in [-0.2, -0.15) is 0 Å². The molecule has 1 saturated heterocycles. The van der Waals surface area contributed by atoms with Crippen LogP contribution in [-0.4, -0.2) is 40.7 Å². The number of carbonyl (C=O) groups excluding carboxylic acids is 1. The molecule has 0 aliphatic carbocycles. The van der Waals surface area contributed by atoms with Crippen molar-refractivity contribution in [3.63, 3.8) is 0 Å². The van der Waals surface area contributed by atoms with Gasteiger partial charge in [0.2, 0.25) is 5.91 Å². The van der Waals surface area contributed by atoms with E-state index in [9.17, 15) is 4.79 Å². The average Bonchev–Trinajstić information content (AvgIpc) is 2.48. The number of halogens is 2. The first-order valence-corrected chi connectivity index (χ1v) is 8.33. The number of aromatic nitrogens is 1. The van der Waals surface area contributed by atoms with Crippen molar-refractivity contribution >= 4 is 42.5 Å². The topological polar surface area (TPSA) is 59.2 Å². The molecular formula is C15H25Cl2N3OS. The van der Waals surface area contributed by atoms with Gasteiger partial charge in [0.15, 0.2) is 0 Å². The van der Waals surface area contributed by atoms with Crippen molar-refractivity contribution in [1.82, 2.24) is 9.88 Å². The molecule has 4 nitrogen and oxygen atoms in total. The summed E-state index contributed by atoms with van der Waals surface area (Å²) in [5.41, 5.74) is 6.82. The van der Waals surface area contributed by atoms with E-state index in [0.29, 0.717) is 18.2 Å². The first-order valence-electron chi connectivity index (χ1n) is 7.18. The molecule has 7 heteroatoms. The van der Waals surface area contributed by atoms with E-state index in [1.807, 2.05) is 23.1 Å². The number of nitrogens with two attached hydrogens (primary N) is 1. The van der Waals surface area contributed by atoms with Crippen LogP contribution in [-0.2, 0) is 10.5 Å². The van der Waals surface area contributed by atoms with Gasteiger partial charge in [0, 0.05) is 31.1 Å². The van der Waals surface area contributed by atoms with Gasteiger partial charge >= 0.3 is 0 Å². The SMILES string of the molecule is CC1CCN(C(=O)CSCc2ccccn2)C(CN)C1.Cl.Cl. The minimum atomic E-state index is 0. The first-order chi connectivity index (χ1) is 9.70. The van der Waals surface area contributed by atoms with Crippen molar-refractivity contribution in [3.05, 3.63) is 30.1 Å². The molecule has 0 aromatic carbocycles. The van der Waals surface area contributed by atoms with Crippen molar-refractivity contribution < 1.29 is 4.79 Å². The standard InChI is InChI=1S/C15H23N3OS.2ClH/c1-12-5-7-18(14(8-12)9-16)15(19)11-20-10-13-4-2-3-6-17-13;;/h2-4,6,12,14H,5,7-11,16H2,1H3;2*1H. The van der Waals surface area contributed by atoms with Crippen LogP contribution in [0.2, 0.25) is 0 Å². The van der Waals surface area contributed by atoms with E-state index in [1.54, 1.807) is 18.0 Å². The van der Waals surface area contributed by atoms with Gasteiger partial charge in [-0.1, -0.05) is 13.0 Å². The molecule has 1 aromatic heterocycles. The van der Waals surface area contributed by atoms with E-state index in [-0.39, 0.29) is 36.8 Å². The lowest BCUT2D eigenvalue weighted by Crippen LogP contribution is -2.49. The Morgan fingerprint density at radius 3 is 2.86 bits per heavy atom. The second-order valence-electron chi connectivity index (χ2n) is 5.42. The zero-order valence-corrected chi connectivity index (χ0v) is 15.3. The number of hydrogen-bond acceptors (Lipinski definition) is 4. The second-order valence-corrected chi connectivity index (χ2v) is 6.41. The highest BCUT2D eigenvalue weighted by Crippen LogP contribution is 2.23. The Kier molecular flexibility index (Phi) is 10.9. The fourth-order valence-corrected chi connectivity index (χ4v) is 3.44. The highest BCUT2D eigenvalue weighted by molar-refractivity contribution is 7.99. The molecule has 1 amide bonds. The summed E-state index contributed by atoms with van der Waals surface area (Å²) in [6.07, 6.45) is 3.91. The quantitative estimate of drug-likeness (QED) is 0.871. The van der Waals surface area contributed by atoms with Crippen LogP contribution in [0.3, 0.4) is 0 Å². The number of amides is 1. The second kappa shape index (κ2) is 11.1. The van der Waals surface area contributed by atoms with Crippen LogP contribution < -0.4 is 5.73 Å². The van der Waals surface area contributed by atoms with Crippen molar-refractivity contribution in [3.8, 4) is 0 Å². The van der Waals surface area contributed by atoms with Crippen LogP contribution in [0.4, 0.5) is 0 Å². The summed E-state index contributed by atoms with van der Waals surface area (Å²) >= 11 is 1.63. The Morgan fingerprint density at radius 1 is 1.45 bits per heavy atom. The number of thioether (sulfide) groups is 1. The summed E-state index contributed by atoms with van der Waals surface area (Å²) in [4.78, 5) is 18.5. The number of nitrogens with zero attached hydrogens (tertiary/aromatic N) is 2. The summed E-state index contributed by atoms with van der Waals surface area (Å²) < 4.78 is 0. The first kappa shape index (κ1) is 21.5. The molecule has 2 N–H and O–H groups in total. The van der Waals surface area contributed by atoms with Gasteiger partial charge in [-0.05, 0) is 30.9 Å². The highest BCUT2D eigenvalue weighted by Gasteiger charge is 2.28. The Balaban J connectivity index is 0.00000220. The van der Waals surface area contributed by atoms with Crippen LogP contribution in [0.25, 0.3) is 0 Å². The van der Waals surface area contributed by atoms with E-state index in [0.717, 1.165) is 30.8 Å². The maximum absolute atomic E-state index is 12.3. The number of piperidine rings is 1. The van der Waals surface area contributed by atoms with Crippen molar-refractivity contribution in [2.75, 3.05) is 18.8 Å². The van der Waals surface area contributed by atoms with Crippen LogP contribution in [0, 0.1) is 5.92 Å². The highest BCUT2D eigenvalue weighted by atomic mass is 35.5. The number of carbonyl (C=O) groups is 1. The van der Waals surface area contributed by atoms with Crippen LogP contribution in [0.15, 0.2) is 24.4 Å². The lowest BCUT2D eigenvalue weighted by atomic mass is 9.92. The minimum Gasteiger partial charge on any atom is -0.338 e. The molecular weight excluding hydrogens is 341 g/mol.